The molecule has 17 heavy (non-hydrogen) atoms. The van der Waals surface area contributed by atoms with E-state index in [-0.39, 0.29) is 10.6 Å². The van der Waals surface area contributed by atoms with Gasteiger partial charge in [-0.25, -0.2) is 17.6 Å². The van der Waals surface area contributed by atoms with Gasteiger partial charge in [-0.15, -0.1) is 0 Å². The second kappa shape index (κ2) is 4.37. The zero-order valence-corrected chi connectivity index (χ0v) is 8.96. The molecule has 2 aromatic carbocycles. The van der Waals surface area contributed by atoms with Crippen LogP contribution < -0.4 is 0 Å². The first-order valence-corrected chi connectivity index (χ1v) is 4.89. The van der Waals surface area contributed by atoms with Crippen molar-refractivity contribution in [1.29, 1.82) is 0 Å². The van der Waals surface area contributed by atoms with Gasteiger partial charge in [-0.1, -0.05) is 11.6 Å². The van der Waals surface area contributed by atoms with Crippen LogP contribution in [0.3, 0.4) is 0 Å². The summed E-state index contributed by atoms with van der Waals surface area (Å²) >= 11 is 5.51. The second-order valence-corrected chi connectivity index (χ2v) is 3.71. The van der Waals surface area contributed by atoms with Gasteiger partial charge in [0.1, 0.15) is 23.3 Å². The molecule has 2 aromatic rings. The van der Waals surface area contributed by atoms with E-state index in [0.717, 1.165) is 12.1 Å². The standard InChI is InChI=1S/C12H4ClF4/c13-6-1-2-8(9(15)3-6)12-10(16)4-7(14)5-11(12)17/h1-4H. The van der Waals surface area contributed by atoms with Gasteiger partial charge in [-0.05, 0) is 18.2 Å². The predicted molar refractivity (Wildman–Crippen MR) is 55.6 cm³/mol. The van der Waals surface area contributed by atoms with Gasteiger partial charge in [0.2, 0.25) is 0 Å². The van der Waals surface area contributed by atoms with Gasteiger partial charge in [0.05, 0.1) is 11.6 Å². The fraction of sp³-hybridized carbons (Fsp3) is 0. The molecule has 0 fully saturated rings. The van der Waals surface area contributed by atoms with Crippen LogP contribution in [-0.2, 0) is 0 Å². The fourth-order valence-electron chi connectivity index (χ4n) is 1.43. The lowest BCUT2D eigenvalue weighted by Crippen LogP contribution is -1.95. The molecule has 87 valence electrons. The lowest BCUT2D eigenvalue weighted by atomic mass is 10.0. The molecule has 1 radical (unpaired) electrons. The highest BCUT2D eigenvalue weighted by Crippen LogP contribution is 2.30. The molecule has 5 heteroatoms. The highest BCUT2D eigenvalue weighted by molar-refractivity contribution is 6.30. The molecule has 0 aromatic heterocycles. The van der Waals surface area contributed by atoms with Crippen molar-refractivity contribution in [3.05, 3.63) is 58.6 Å². The Labute approximate surface area is 99.5 Å². The maximum atomic E-state index is 13.5. The SMILES string of the molecule is Fc1[c]c(F)c(-c2ccc(Cl)cc2F)c(F)c1. The van der Waals surface area contributed by atoms with Crippen molar-refractivity contribution >= 4 is 11.6 Å². The number of hydrogen-bond acceptors (Lipinski definition) is 0. The Morgan fingerprint density at radius 1 is 0.941 bits per heavy atom. The summed E-state index contributed by atoms with van der Waals surface area (Å²) in [6.45, 7) is 0. The largest absolute Gasteiger partial charge is 0.206 e. The Morgan fingerprint density at radius 2 is 1.65 bits per heavy atom. The first-order valence-electron chi connectivity index (χ1n) is 4.51. The zero-order chi connectivity index (χ0) is 12.6. The van der Waals surface area contributed by atoms with Crippen molar-refractivity contribution in [3.63, 3.8) is 0 Å². The predicted octanol–water partition coefficient (Wildman–Crippen LogP) is 4.36. The minimum Gasteiger partial charge on any atom is -0.206 e. The average Bonchev–Trinajstić information content (AvgIpc) is 2.19. The van der Waals surface area contributed by atoms with Crippen molar-refractivity contribution in [2.75, 3.05) is 0 Å². The maximum absolute atomic E-state index is 13.5. The molecule has 0 saturated carbocycles. The Morgan fingerprint density at radius 3 is 2.24 bits per heavy atom. The Balaban J connectivity index is 2.68. The zero-order valence-electron chi connectivity index (χ0n) is 8.20. The van der Waals surface area contributed by atoms with Gasteiger partial charge in [0, 0.05) is 16.7 Å². The molecule has 2 rings (SSSR count). The first kappa shape index (κ1) is 11.9. The number of halogens is 5. The van der Waals surface area contributed by atoms with Gasteiger partial charge < -0.3 is 0 Å². The summed E-state index contributed by atoms with van der Waals surface area (Å²) in [5.74, 6) is -4.56. The first-order chi connectivity index (χ1) is 7.99. The van der Waals surface area contributed by atoms with Crippen LogP contribution in [0.2, 0.25) is 5.02 Å². The van der Waals surface area contributed by atoms with E-state index in [2.05, 4.69) is 0 Å². The minimum atomic E-state index is -1.29. The molecular weight excluding hydrogens is 256 g/mol. The molecule has 0 bridgehead atoms. The molecule has 0 N–H and O–H groups in total. The molecule has 0 aliphatic heterocycles. The Hall–Kier alpha value is -1.55. The van der Waals surface area contributed by atoms with E-state index in [0.29, 0.717) is 6.07 Å². The van der Waals surface area contributed by atoms with Gasteiger partial charge >= 0.3 is 0 Å². The topological polar surface area (TPSA) is 0 Å². The number of rotatable bonds is 1. The minimum absolute atomic E-state index is 0.0955. The molecule has 0 unspecified atom stereocenters. The maximum Gasteiger partial charge on any atom is 0.145 e. The summed E-state index contributed by atoms with van der Waals surface area (Å²) in [5, 5.41) is 0.0955. The Kier molecular flexibility index (Phi) is 3.07. The molecule has 0 aliphatic carbocycles. The second-order valence-electron chi connectivity index (χ2n) is 3.28. The summed E-state index contributed by atoms with van der Waals surface area (Å²) < 4.78 is 52.8. The molecular formula is C12H4ClF4. The van der Waals surface area contributed by atoms with Crippen LogP contribution in [-0.4, -0.2) is 0 Å². The Bertz CT molecular complexity index is 558. The van der Waals surface area contributed by atoms with Crippen molar-refractivity contribution in [3.8, 4) is 11.1 Å². The molecule has 0 spiro atoms. The van der Waals surface area contributed by atoms with Crippen LogP contribution in [0.25, 0.3) is 11.1 Å². The van der Waals surface area contributed by atoms with Crippen LogP contribution in [0, 0.1) is 29.3 Å². The smallest absolute Gasteiger partial charge is 0.145 e. The van der Waals surface area contributed by atoms with Crippen LogP contribution in [0.4, 0.5) is 17.6 Å². The normalized spacial score (nSPS) is 10.6. The van der Waals surface area contributed by atoms with E-state index >= 15 is 0 Å². The van der Waals surface area contributed by atoms with Gasteiger partial charge in [-0.2, -0.15) is 0 Å². The third-order valence-electron chi connectivity index (χ3n) is 2.14. The lowest BCUT2D eigenvalue weighted by Gasteiger charge is -2.06. The van der Waals surface area contributed by atoms with Crippen molar-refractivity contribution < 1.29 is 17.6 Å². The van der Waals surface area contributed by atoms with Crippen LogP contribution >= 0.6 is 11.6 Å². The van der Waals surface area contributed by atoms with Crippen LogP contribution in [0.5, 0.6) is 0 Å². The van der Waals surface area contributed by atoms with E-state index in [1.165, 1.54) is 6.07 Å². The third kappa shape index (κ3) is 2.26. The van der Waals surface area contributed by atoms with E-state index in [1.54, 1.807) is 6.07 Å². The van der Waals surface area contributed by atoms with Crippen molar-refractivity contribution in [1.82, 2.24) is 0 Å². The third-order valence-corrected chi connectivity index (χ3v) is 2.38. The van der Waals surface area contributed by atoms with Crippen molar-refractivity contribution in [2.24, 2.45) is 0 Å². The average molecular weight is 260 g/mol. The molecule has 0 saturated heterocycles. The number of hydrogen-bond donors (Lipinski definition) is 0. The quantitative estimate of drug-likeness (QED) is 0.668. The van der Waals surface area contributed by atoms with Gasteiger partial charge in [0.15, 0.2) is 0 Å². The van der Waals surface area contributed by atoms with Crippen LogP contribution in [0.1, 0.15) is 0 Å². The summed E-state index contributed by atoms with van der Waals surface area (Å²) in [6.07, 6.45) is 0. The van der Waals surface area contributed by atoms with Gasteiger partial charge in [0.25, 0.3) is 0 Å². The summed E-state index contributed by atoms with van der Waals surface area (Å²) in [6, 6.07) is 5.40. The van der Waals surface area contributed by atoms with Crippen LogP contribution in [0.15, 0.2) is 24.3 Å². The van der Waals surface area contributed by atoms with E-state index in [1.807, 2.05) is 0 Å². The van der Waals surface area contributed by atoms with Gasteiger partial charge in [-0.3, -0.25) is 0 Å². The molecule has 0 nitrogen and oxygen atoms in total. The summed E-state index contributed by atoms with van der Waals surface area (Å²) in [4.78, 5) is 0. The highest BCUT2D eigenvalue weighted by Gasteiger charge is 2.17. The summed E-state index contributed by atoms with van der Waals surface area (Å²) in [7, 11) is 0. The molecule has 0 atom stereocenters. The van der Waals surface area contributed by atoms with Crippen molar-refractivity contribution in [2.45, 2.75) is 0 Å². The van der Waals surface area contributed by atoms with E-state index in [4.69, 9.17) is 11.6 Å². The molecule has 0 heterocycles. The van der Waals surface area contributed by atoms with E-state index in [9.17, 15) is 17.6 Å². The highest BCUT2D eigenvalue weighted by atomic mass is 35.5. The summed E-state index contributed by atoms with van der Waals surface area (Å²) in [5.41, 5.74) is -0.999. The molecule has 0 amide bonds. The molecule has 0 aliphatic rings. The monoisotopic (exact) mass is 259 g/mol. The van der Waals surface area contributed by atoms with E-state index < -0.39 is 28.8 Å². The number of benzene rings is 2. The fourth-order valence-corrected chi connectivity index (χ4v) is 1.59. The lowest BCUT2D eigenvalue weighted by molar-refractivity contribution is 0.542.